The number of hydrogen-bond acceptors (Lipinski definition) is 2. The average Bonchev–Trinajstić information content (AvgIpc) is 2.07. The Kier molecular flexibility index (Phi) is 5.42. The zero-order valence-corrected chi connectivity index (χ0v) is 8.46. The van der Waals surface area contributed by atoms with Gasteiger partial charge in [-0.05, 0) is 25.9 Å². The number of hydrogen-bond donors (Lipinski definition) is 0. The highest BCUT2D eigenvalue weighted by atomic mass is 35.5. The normalized spacial score (nSPS) is 20.5. The number of thioether (sulfide) groups is 1. The lowest BCUT2D eigenvalue weighted by Gasteiger charge is -2.25. The van der Waals surface area contributed by atoms with E-state index in [1.54, 1.807) is 0 Å². The fourth-order valence-corrected chi connectivity index (χ4v) is 2.42. The second kappa shape index (κ2) is 6.15. The number of piperidine rings is 1. The predicted octanol–water partition coefficient (Wildman–Crippen LogP) is 2.40. The van der Waals surface area contributed by atoms with E-state index in [4.69, 9.17) is 11.6 Å². The third-order valence-electron chi connectivity index (χ3n) is 1.94. The highest BCUT2D eigenvalue weighted by molar-refractivity contribution is 7.99. The van der Waals surface area contributed by atoms with E-state index in [2.05, 4.69) is 4.90 Å². The van der Waals surface area contributed by atoms with Crippen LogP contribution in [-0.4, -0.2) is 35.5 Å². The number of rotatable bonds is 4. The molecule has 0 saturated carbocycles. The standard InChI is InChI=1S/C8H16ClNS/c9-4-7-11-8-10-5-2-1-3-6-10/h1-8H2. The van der Waals surface area contributed by atoms with Crippen LogP contribution in [0.3, 0.4) is 0 Å². The molecular weight excluding hydrogens is 178 g/mol. The molecule has 0 aromatic carbocycles. The van der Waals surface area contributed by atoms with Crippen molar-refractivity contribution in [3.63, 3.8) is 0 Å². The van der Waals surface area contributed by atoms with Gasteiger partial charge in [-0.25, -0.2) is 0 Å². The first-order valence-electron chi connectivity index (χ1n) is 4.29. The lowest BCUT2D eigenvalue weighted by molar-refractivity contribution is 0.266. The molecule has 0 N–H and O–H groups in total. The number of halogens is 1. The molecule has 0 radical (unpaired) electrons. The van der Waals surface area contributed by atoms with Gasteiger partial charge in [-0.3, -0.25) is 4.90 Å². The fourth-order valence-electron chi connectivity index (χ4n) is 1.34. The Morgan fingerprint density at radius 2 is 1.91 bits per heavy atom. The van der Waals surface area contributed by atoms with Crippen molar-refractivity contribution < 1.29 is 0 Å². The second-order valence-corrected chi connectivity index (χ2v) is 4.36. The van der Waals surface area contributed by atoms with E-state index < -0.39 is 0 Å². The minimum atomic E-state index is 0.790. The maximum atomic E-state index is 5.58. The van der Waals surface area contributed by atoms with Gasteiger partial charge in [0.05, 0.1) is 0 Å². The van der Waals surface area contributed by atoms with Gasteiger partial charge in [0.15, 0.2) is 0 Å². The van der Waals surface area contributed by atoms with Crippen LogP contribution in [0.25, 0.3) is 0 Å². The number of nitrogens with zero attached hydrogens (tertiary/aromatic N) is 1. The van der Waals surface area contributed by atoms with Crippen LogP contribution < -0.4 is 0 Å². The molecule has 1 nitrogen and oxygen atoms in total. The molecule has 1 heterocycles. The van der Waals surface area contributed by atoms with E-state index in [1.165, 1.54) is 38.2 Å². The van der Waals surface area contributed by atoms with Gasteiger partial charge in [0.2, 0.25) is 0 Å². The second-order valence-electron chi connectivity index (χ2n) is 2.91. The monoisotopic (exact) mass is 193 g/mol. The molecule has 11 heavy (non-hydrogen) atoms. The summed E-state index contributed by atoms with van der Waals surface area (Å²) in [5.74, 6) is 3.07. The third kappa shape index (κ3) is 4.24. The highest BCUT2D eigenvalue weighted by Gasteiger charge is 2.08. The molecule has 1 rings (SSSR count). The van der Waals surface area contributed by atoms with E-state index in [9.17, 15) is 0 Å². The molecule has 0 atom stereocenters. The molecular formula is C8H16ClNS. The molecule has 0 unspecified atom stereocenters. The number of likely N-dealkylation sites (tertiary alicyclic amines) is 1. The van der Waals surface area contributed by atoms with Crippen molar-refractivity contribution in [2.75, 3.05) is 30.6 Å². The first kappa shape index (κ1) is 9.69. The van der Waals surface area contributed by atoms with Gasteiger partial charge in [-0.2, -0.15) is 0 Å². The summed E-state index contributed by atoms with van der Waals surface area (Å²) in [7, 11) is 0. The van der Waals surface area contributed by atoms with Crippen LogP contribution in [-0.2, 0) is 0 Å². The largest absolute Gasteiger partial charge is 0.294 e. The first-order valence-corrected chi connectivity index (χ1v) is 5.98. The summed E-state index contributed by atoms with van der Waals surface area (Å²) < 4.78 is 0. The van der Waals surface area contributed by atoms with Gasteiger partial charge in [-0.15, -0.1) is 23.4 Å². The van der Waals surface area contributed by atoms with Crippen molar-refractivity contribution in [2.24, 2.45) is 0 Å². The Balaban J connectivity index is 1.96. The van der Waals surface area contributed by atoms with Crippen LogP contribution >= 0.6 is 23.4 Å². The fraction of sp³-hybridized carbons (Fsp3) is 1.00. The van der Waals surface area contributed by atoms with Crippen LogP contribution in [0.5, 0.6) is 0 Å². The SMILES string of the molecule is ClCCSCN1CCCCC1. The van der Waals surface area contributed by atoms with Crippen LogP contribution in [0, 0.1) is 0 Å². The van der Waals surface area contributed by atoms with E-state index >= 15 is 0 Å². The van der Waals surface area contributed by atoms with Crippen LogP contribution in [0.2, 0.25) is 0 Å². The summed E-state index contributed by atoms with van der Waals surface area (Å²) >= 11 is 7.53. The summed E-state index contributed by atoms with van der Waals surface area (Å²) in [5, 5.41) is 0. The zero-order chi connectivity index (χ0) is 7.94. The molecule has 1 aliphatic rings. The summed E-state index contributed by atoms with van der Waals surface area (Å²) in [5.41, 5.74) is 0. The van der Waals surface area contributed by atoms with Crippen molar-refractivity contribution in [3.05, 3.63) is 0 Å². The highest BCUT2D eigenvalue weighted by Crippen LogP contribution is 2.12. The van der Waals surface area contributed by atoms with E-state index in [0.29, 0.717) is 0 Å². The van der Waals surface area contributed by atoms with Crippen LogP contribution in [0.15, 0.2) is 0 Å². The quantitative estimate of drug-likeness (QED) is 0.499. The molecule has 66 valence electrons. The lowest BCUT2D eigenvalue weighted by Crippen LogP contribution is -2.29. The van der Waals surface area contributed by atoms with Crippen molar-refractivity contribution in [2.45, 2.75) is 19.3 Å². The molecule has 0 aromatic heterocycles. The summed E-state index contributed by atoms with van der Waals surface area (Å²) in [6.45, 7) is 2.60. The molecule has 0 aliphatic carbocycles. The average molecular weight is 194 g/mol. The summed E-state index contributed by atoms with van der Waals surface area (Å²) in [4.78, 5) is 2.53. The van der Waals surface area contributed by atoms with Crippen molar-refractivity contribution in [1.82, 2.24) is 4.90 Å². The van der Waals surface area contributed by atoms with Gasteiger partial charge in [-0.1, -0.05) is 6.42 Å². The molecule has 1 aliphatic heterocycles. The maximum absolute atomic E-state index is 5.58. The third-order valence-corrected chi connectivity index (χ3v) is 3.40. The molecule has 0 amide bonds. The van der Waals surface area contributed by atoms with Gasteiger partial charge in [0, 0.05) is 17.5 Å². The maximum Gasteiger partial charge on any atom is 0.0444 e. The minimum absolute atomic E-state index is 0.790. The lowest BCUT2D eigenvalue weighted by atomic mass is 10.1. The van der Waals surface area contributed by atoms with E-state index in [-0.39, 0.29) is 0 Å². The Morgan fingerprint density at radius 1 is 1.18 bits per heavy atom. The Morgan fingerprint density at radius 3 is 2.55 bits per heavy atom. The molecule has 0 bridgehead atoms. The Labute approximate surface area is 78.5 Å². The molecule has 0 spiro atoms. The van der Waals surface area contributed by atoms with Gasteiger partial charge in [0.25, 0.3) is 0 Å². The first-order chi connectivity index (χ1) is 5.43. The van der Waals surface area contributed by atoms with Crippen molar-refractivity contribution in [1.29, 1.82) is 0 Å². The van der Waals surface area contributed by atoms with Gasteiger partial charge in [0.1, 0.15) is 0 Å². The predicted molar refractivity (Wildman–Crippen MR) is 53.5 cm³/mol. The molecule has 3 heteroatoms. The van der Waals surface area contributed by atoms with Crippen molar-refractivity contribution in [3.8, 4) is 0 Å². The minimum Gasteiger partial charge on any atom is -0.294 e. The molecule has 1 saturated heterocycles. The molecule has 1 fully saturated rings. The molecule has 0 aromatic rings. The smallest absolute Gasteiger partial charge is 0.0444 e. The van der Waals surface area contributed by atoms with Crippen molar-refractivity contribution >= 4 is 23.4 Å². The summed E-state index contributed by atoms with van der Waals surface area (Å²) in [6.07, 6.45) is 4.21. The van der Waals surface area contributed by atoms with Crippen LogP contribution in [0.4, 0.5) is 0 Å². The van der Waals surface area contributed by atoms with Gasteiger partial charge >= 0.3 is 0 Å². The van der Waals surface area contributed by atoms with E-state index in [0.717, 1.165) is 11.6 Å². The van der Waals surface area contributed by atoms with Crippen LogP contribution in [0.1, 0.15) is 19.3 Å². The number of alkyl halides is 1. The Bertz CT molecular complexity index is 94.1. The Hall–Kier alpha value is 0.600. The zero-order valence-electron chi connectivity index (χ0n) is 6.89. The topological polar surface area (TPSA) is 3.24 Å². The summed E-state index contributed by atoms with van der Waals surface area (Å²) in [6, 6.07) is 0. The van der Waals surface area contributed by atoms with Gasteiger partial charge < -0.3 is 0 Å². The van der Waals surface area contributed by atoms with E-state index in [1.807, 2.05) is 11.8 Å².